The molecule has 0 bridgehead atoms. The van der Waals surface area contributed by atoms with Gasteiger partial charge in [0.15, 0.2) is 5.82 Å². The molecule has 0 amide bonds. The lowest BCUT2D eigenvalue weighted by Crippen LogP contribution is -2.27. The number of nitriles is 1. The Morgan fingerprint density at radius 3 is 2.38 bits per heavy atom. The number of aliphatic imine (C=N–C) groups is 1. The second-order valence-corrected chi connectivity index (χ2v) is 6.90. The molecule has 2 aromatic carbocycles. The van der Waals surface area contributed by atoms with Crippen molar-refractivity contribution in [2.24, 2.45) is 4.99 Å². The number of allylic oxidation sites excluding steroid dienone is 1. The number of benzene rings is 2. The minimum absolute atomic E-state index is 0.0179. The van der Waals surface area contributed by atoms with Crippen LogP contribution in [0.2, 0.25) is 0 Å². The number of hydrogen-bond acceptors (Lipinski definition) is 7. The van der Waals surface area contributed by atoms with Gasteiger partial charge in [-0.15, -0.1) is 0 Å². The molecule has 4 N–H and O–H groups in total. The zero-order chi connectivity index (χ0) is 22.4. The molecular weight excluding hydrogens is 412 g/mol. The summed E-state index contributed by atoms with van der Waals surface area (Å²) in [5.74, 6) is -0.630. The Balaban J connectivity index is 1.83. The highest BCUT2D eigenvalue weighted by Crippen LogP contribution is 2.36. The Morgan fingerprint density at radius 2 is 1.62 bits per heavy atom. The van der Waals surface area contributed by atoms with Gasteiger partial charge in [0.1, 0.15) is 17.2 Å². The lowest BCUT2D eigenvalue weighted by Gasteiger charge is -2.05. The van der Waals surface area contributed by atoms with Crippen molar-refractivity contribution in [2.45, 2.75) is 0 Å². The molecule has 0 aliphatic carbocycles. The van der Waals surface area contributed by atoms with Crippen LogP contribution in [0.1, 0.15) is 22.5 Å². The minimum Gasteiger partial charge on any atom is -0.494 e. The molecule has 4 aromatic rings. The van der Waals surface area contributed by atoms with Gasteiger partial charge >= 0.3 is 5.69 Å². The number of H-pyrrole nitrogens is 3. The van der Waals surface area contributed by atoms with Gasteiger partial charge in [-0.05, 0) is 12.1 Å². The Labute approximate surface area is 177 Å². The van der Waals surface area contributed by atoms with E-state index < -0.39 is 22.7 Å². The standard InChI is InChI=1S/C22H12N6O4/c23-9-13(18-24-14-8-4-3-7-12(14)19(29)26-18)16-10-5-1-2-6-11(10)17(25-16)15-20(30)27-22(32)28-21(15)31/h1-8H,(H,24,26,29)(H3,27,28,30,31,32). The summed E-state index contributed by atoms with van der Waals surface area (Å²) in [6.07, 6.45) is 0. The van der Waals surface area contributed by atoms with Crippen molar-refractivity contribution in [1.82, 2.24) is 19.9 Å². The van der Waals surface area contributed by atoms with Gasteiger partial charge in [-0.3, -0.25) is 19.6 Å². The van der Waals surface area contributed by atoms with Crippen LogP contribution in [-0.4, -0.2) is 30.8 Å². The summed E-state index contributed by atoms with van der Waals surface area (Å²) in [5.41, 5.74) is -0.769. The van der Waals surface area contributed by atoms with Crippen LogP contribution in [0.25, 0.3) is 22.2 Å². The molecule has 10 heteroatoms. The van der Waals surface area contributed by atoms with E-state index in [1.165, 1.54) is 0 Å². The first-order valence-electron chi connectivity index (χ1n) is 9.36. The summed E-state index contributed by atoms with van der Waals surface area (Å²) >= 11 is 0. The molecule has 0 saturated carbocycles. The van der Waals surface area contributed by atoms with Crippen molar-refractivity contribution < 1.29 is 5.11 Å². The topological polar surface area (TPSA) is 168 Å². The third-order valence-corrected chi connectivity index (χ3v) is 5.02. The van der Waals surface area contributed by atoms with Gasteiger partial charge in [0.25, 0.3) is 11.1 Å². The number of nitrogens with one attached hydrogen (secondary N) is 3. The Hall–Kier alpha value is -5.04. The van der Waals surface area contributed by atoms with Crippen LogP contribution >= 0.6 is 0 Å². The van der Waals surface area contributed by atoms with E-state index in [0.29, 0.717) is 22.0 Å². The Bertz CT molecular complexity index is 1720. The number of nitrogens with zero attached hydrogens (tertiary/aromatic N) is 3. The van der Waals surface area contributed by atoms with Crippen LogP contribution in [0.4, 0.5) is 0 Å². The van der Waals surface area contributed by atoms with E-state index in [9.17, 15) is 24.8 Å². The third-order valence-electron chi connectivity index (χ3n) is 5.02. The van der Waals surface area contributed by atoms with E-state index in [-0.39, 0.29) is 28.4 Å². The molecule has 0 unspecified atom stereocenters. The van der Waals surface area contributed by atoms with E-state index in [1.54, 1.807) is 48.5 Å². The number of aromatic hydroxyl groups is 1. The molecule has 0 saturated heterocycles. The quantitative estimate of drug-likeness (QED) is 0.353. The first kappa shape index (κ1) is 19.0. The third kappa shape index (κ3) is 2.85. The number of para-hydroxylation sites is 1. The maximum Gasteiger partial charge on any atom is 0.328 e. The predicted octanol–water partition coefficient (Wildman–Crippen LogP) is 1.25. The summed E-state index contributed by atoms with van der Waals surface area (Å²) in [6, 6.07) is 15.5. The van der Waals surface area contributed by atoms with Crippen molar-refractivity contribution in [2.75, 3.05) is 0 Å². The second-order valence-electron chi connectivity index (χ2n) is 6.90. The Morgan fingerprint density at radius 1 is 0.906 bits per heavy atom. The highest BCUT2D eigenvalue weighted by Gasteiger charge is 2.29. The van der Waals surface area contributed by atoms with E-state index in [0.717, 1.165) is 0 Å². The Kier molecular flexibility index (Phi) is 4.16. The van der Waals surface area contributed by atoms with Gasteiger partial charge in [0, 0.05) is 11.1 Å². The van der Waals surface area contributed by atoms with Gasteiger partial charge in [-0.2, -0.15) is 5.26 Å². The normalized spacial score (nSPS) is 14.0. The summed E-state index contributed by atoms with van der Waals surface area (Å²) in [6.45, 7) is 0. The summed E-state index contributed by atoms with van der Waals surface area (Å²) in [5, 5.41) is 20.5. The van der Waals surface area contributed by atoms with Gasteiger partial charge < -0.3 is 10.1 Å². The molecule has 0 radical (unpaired) electrons. The number of fused-ring (bicyclic) bond motifs is 2. The van der Waals surface area contributed by atoms with Gasteiger partial charge in [-0.1, -0.05) is 36.4 Å². The number of hydrogen-bond donors (Lipinski definition) is 4. The lowest BCUT2D eigenvalue weighted by molar-refractivity contribution is 0.447. The average Bonchev–Trinajstić information content (AvgIpc) is 3.13. The molecule has 1 aliphatic heterocycles. The fraction of sp³-hybridized carbons (Fsp3) is 0. The molecule has 154 valence electrons. The number of aromatic amines is 3. The molecule has 5 rings (SSSR count). The molecule has 0 spiro atoms. The smallest absolute Gasteiger partial charge is 0.328 e. The van der Waals surface area contributed by atoms with Crippen molar-refractivity contribution in [3.63, 3.8) is 0 Å². The van der Waals surface area contributed by atoms with Crippen molar-refractivity contribution in [1.29, 1.82) is 5.26 Å². The van der Waals surface area contributed by atoms with Gasteiger partial charge in [-0.25, -0.2) is 14.8 Å². The zero-order valence-corrected chi connectivity index (χ0v) is 16.1. The maximum absolute atomic E-state index is 12.5. The minimum atomic E-state index is -0.866. The molecule has 32 heavy (non-hydrogen) atoms. The average molecular weight is 424 g/mol. The summed E-state index contributed by atoms with van der Waals surface area (Å²) in [7, 11) is 0. The monoisotopic (exact) mass is 424 g/mol. The molecule has 3 heterocycles. The first-order chi connectivity index (χ1) is 15.5. The van der Waals surface area contributed by atoms with Crippen molar-refractivity contribution in [3.05, 3.63) is 102 Å². The van der Waals surface area contributed by atoms with Crippen LogP contribution in [0.5, 0.6) is 5.88 Å². The maximum atomic E-state index is 12.5. The predicted molar refractivity (Wildman–Crippen MR) is 116 cm³/mol. The molecule has 0 atom stereocenters. The van der Waals surface area contributed by atoms with Crippen molar-refractivity contribution >= 4 is 27.9 Å². The van der Waals surface area contributed by atoms with Crippen LogP contribution in [0.3, 0.4) is 0 Å². The van der Waals surface area contributed by atoms with Crippen molar-refractivity contribution in [3.8, 4) is 11.9 Å². The largest absolute Gasteiger partial charge is 0.494 e. The van der Waals surface area contributed by atoms with E-state index in [1.807, 2.05) is 6.07 Å². The molecule has 1 aliphatic rings. The zero-order valence-electron chi connectivity index (χ0n) is 16.1. The van der Waals surface area contributed by atoms with Gasteiger partial charge in [0.05, 0.1) is 22.3 Å². The molecular formula is C22H12N6O4. The van der Waals surface area contributed by atoms with Crippen LogP contribution < -0.4 is 16.8 Å². The fourth-order valence-corrected chi connectivity index (χ4v) is 3.63. The SMILES string of the molecule is N#CC(=C1N=C(c2c(O)[nH]c(=O)[nH]c2=O)c2ccccc21)c1nc2ccccc2c(=O)[nH]1. The first-order valence-corrected chi connectivity index (χ1v) is 9.36. The summed E-state index contributed by atoms with van der Waals surface area (Å²) in [4.78, 5) is 52.0. The van der Waals surface area contributed by atoms with E-state index in [4.69, 9.17) is 0 Å². The molecule has 0 fully saturated rings. The number of aromatic nitrogens is 4. The van der Waals surface area contributed by atoms with Crippen LogP contribution in [-0.2, 0) is 0 Å². The lowest BCUT2D eigenvalue weighted by atomic mass is 9.99. The fourth-order valence-electron chi connectivity index (χ4n) is 3.63. The highest BCUT2D eigenvalue weighted by molar-refractivity contribution is 6.23. The highest BCUT2D eigenvalue weighted by atomic mass is 16.3. The van der Waals surface area contributed by atoms with Crippen LogP contribution in [0, 0.1) is 11.3 Å². The molecule has 2 aromatic heterocycles. The van der Waals surface area contributed by atoms with E-state index >= 15 is 0 Å². The van der Waals surface area contributed by atoms with E-state index in [2.05, 4.69) is 24.9 Å². The molecule has 10 nitrogen and oxygen atoms in total. The number of rotatable bonds is 2. The van der Waals surface area contributed by atoms with Gasteiger partial charge in [0.2, 0.25) is 5.88 Å². The summed E-state index contributed by atoms with van der Waals surface area (Å²) < 4.78 is 0. The van der Waals surface area contributed by atoms with Crippen LogP contribution in [0.15, 0.2) is 67.9 Å². The second kappa shape index (κ2) is 7.03.